The Morgan fingerprint density at radius 3 is 2.31 bits per heavy atom. The van der Waals surface area contributed by atoms with Crippen molar-refractivity contribution in [3.63, 3.8) is 0 Å². The van der Waals surface area contributed by atoms with Crippen LogP contribution in [0.5, 0.6) is 0 Å². The van der Waals surface area contributed by atoms with Gasteiger partial charge in [-0.15, -0.1) is 0 Å². The van der Waals surface area contributed by atoms with Crippen LogP contribution >= 0.6 is 0 Å². The average molecular weight is 486 g/mol. The van der Waals surface area contributed by atoms with Gasteiger partial charge in [0, 0.05) is 51.1 Å². The Balaban J connectivity index is 1.68. The number of carbonyl (C=O) groups is 2. The highest BCUT2D eigenvalue weighted by atomic mass is 19.4. The highest BCUT2D eigenvalue weighted by Gasteiger charge is 2.35. The van der Waals surface area contributed by atoms with Crippen molar-refractivity contribution in [3.05, 3.63) is 77.5 Å². The number of hydrogen-bond acceptors (Lipinski definition) is 6. The average Bonchev–Trinajstić information content (AvgIpc) is 2.82. The standard InChI is InChI=1S/C24H25F3N6O2/c1-16(34)28-12-13-29-21-20(24(25,26)27)14-30-23(32-21)31-19-10-8-18(9-11-19)22(35)33(2)15-17-6-4-3-5-7-17/h3-11,14H,12-13,15H2,1-2H3,(H,28,34)(H2,29,30,31,32). The molecule has 0 atom stereocenters. The molecule has 0 aliphatic rings. The lowest BCUT2D eigenvalue weighted by atomic mass is 10.1. The summed E-state index contributed by atoms with van der Waals surface area (Å²) in [5.74, 6) is -0.923. The molecular formula is C24H25F3N6O2. The van der Waals surface area contributed by atoms with Gasteiger partial charge in [0.15, 0.2) is 0 Å². The summed E-state index contributed by atoms with van der Waals surface area (Å²) in [6, 6.07) is 16.0. The van der Waals surface area contributed by atoms with Crippen LogP contribution in [0.25, 0.3) is 0 Å². The van der Waals surface area contributed by atoms with Crippen molar-refractivity contribution >= 4 is 29.3 Å². The van der Waals surface area contributed by atoms with E-state index in [2.05, 4.69) is 25.9 Å². The Hall–Kier alpha value is -4.15. The smallest absolute Gasteiger partial charge is 0.368 e. The summed E-state index contributed by atoms with van der Waals surface area (Å²) in [4.78, 5) is 32.9. The number of amides is 2. The van der Waals surface area contributed by atoms with Crippen LogP contribution in [-0.4, -0.2) is 46.8 Å². The predicted octanol–water partition coefficient (Wildman–Crippen LogP) is 4.06. The number of nitrogens with one attached hydrogen (secondary N) is 3. The zero-order chi connectivity index (χ0) is 25.4. The van der Waals surface area contributed by atoms with E-state index in [0.717, 1.165) is 5.56 Å². The topological polar surface area (TPSA) is 99.2 Å². The van der Waals surface area contributed by atoms with Gasteiger partial charge in [0.1, 0.15) is 11.4 Å². The highest BCUT2D eigenvalue weighted by molar-refractivity contribution is 5.94. The molecular weight excluding hydrogens is 461 g/mol. The van der Waals surface area contributed by atoms with Gasteiger partial charge in [0.25, 0.3) is 5.91 Å². The van der Waals surface area contributed by atoms with E-state index in [0.29, 0.717) is 24.0 Å². The predicted molar refractivity (Wildman–Crippen MR) is 126 cm³/mol. The Bertz CT molecular complexity index is 1150. The zero-order valence-corrected chi connectivity index (χ0v) is 19.2. The number of anilines is 3. The molecule has 0 aliphatic heterocycles. The molecule has 35 heavy (non-hydrogen) atoms. The lowest BCUT2D eigenvalue weighted by Gasteiger charge is -2.18. The first kappa shape index (κ1) is 25.5. The zero-order valence-electron chi connectivity index (χ0n) is 19.2. The lowest BCUT2D eigenvalue weighted by Crippen LogP contribution is -2.27. The molecule has 184 valence electrons. The second kappa shape index (κ2) is 11.3. The molecule has 0 unspecified atom stereocenters. The summed E-state index contributed by atoms with van der Waals surface area (Å²) in [5, 5.41) is 7.92. The molecule has 0 saturated carbocycles. The molecule has 3 rings (SSSR count). The third kappa shape index (κ3) is 7.42. The van der Waals surface area contributed by atoms with E-state index in [1.807, 2.05) is 30.3 Å². The molecule has 3 N–H and O–H groups in total. The van der Waals surface area contributed by atoms with Crippen molar-refractivity contribution in [1.29, 1.82) is 0 Å². The van der Waals surface area contributed by atoms with Crippen LogP contribution in [0, 0.1) is 0 Å². The molecule has 3 aromatic rings. The van der Waals surface area contributed by atoms with Crippen LogP contribution in [0.2, 0.25) is 0 Å². The van der Waals surface area contributed by atoms with E-state index >= 15 is 0 Å². The monoisotopic (exact) mass is 486 g/mol. The quantitative estimate of drug-likeness (QED) is 0.395. The molecule has 0 fully saturated rings. The van der Waals surface area contributed by atoms with Gasteiger partial charge in [-0.05, 0) is 29.8 Å². The van der Waals surface area contributed by atoms with Crippen LogP contribution in [0.1, 0.15) is 28.4 Å². The Kier molecular flexibility index (Phi) is 8.24. The first-order chi connectivity index (χ1) is 16.6. The molecule has 0 spiro atoms. The molecule has 11 heteroatoms. The summed E-state index contributed by atoms with van der Waals surface area (Å²) in [6.07, 6.45) is -3.96. The van der Waals surface area contributed by atoms with Gasteiger partial charge in [0.2, 0.25) is 11.9 Å². The van der Waals surface area contributed by atoms with Crippen molar-refractivity contribution in [3.8, 4) is 0 Å². The van der Waals surface area contributed by atoms with Gasteiger partial charge in [0.05, 0.1) is 0 Å². The molecule has 1 heterocycles. The van der Waals surface area contributed by atoms with E-state index in [9.17, 15) is 22.8 Å². The van der Waals surface area contributed by atoms with Gasteiger partial charge < -0.3 is 20.9 Å². The minimum Gasteiger partial charge on any atom is -0.368 e. The fourth-order valence-corrected chi connectivity index (χ4v) is 3.18. The normalized spacial score (nSPS) is 11.0. The van der Waals surface area contributed by atoms with E-state index in [1.54, 1.807) is 36.2 Å². The van der Waals surface area contributed by atoms with Gasteiger partial charge >= 0.3 is 6.18 Å². The maximum atomic E-state index is 13.3. The number of rotatable bonds is 9. The number of halogens is 3. The third-order valence-corrected chi connectivity index (χ3v) is 4.88. The maximum absolute atomic E-state index is 13.3. The number of hydrogen-bond donors (Lipinski definition) is 3. The van der Waals surface area contributed by atoms with Gasteiger partial charge in [-0.2, -0.15) is 18.2 Å². The summed E-state index contributed by atoms with van der Waals surface area (Å²) in [5.41, 5.74) is 0.940. The summed E-state index contributed by atoms with van der Waals surface area (Å²) < 4.78 is 40.0. The molecule has 8 nitrogen and oxygen atoms in total. The SMILES string of the molecule is CC(=O)NCCNc1nc(Nc2ccc(C(=O)N(C)Cc3ccccc3)cc2)ncc1C(F)(F)F. The number of aromatic nitrogens is 2. The van der Waals surface area contributed by atoms with Crippen molar-refractivity contribution in [2.24, 2.45) is 0 Å². The van der Waals surface area contributed by atoms with Crippen molar-refractivity contribution in [1.82, 2.24) is 20.2 Å². The van der Waals surface area contributed by atoms with Crippen molar-refractivity contribution in [2.45, 2.75) is 19.6 Å². The van der Waals surface area contributed by atoms with Crippen LogP contribution in [0.15, 0.2) is 60.8 Å². The number of carbonyl (C=O) groups excluding carboxylic acids is 2. The number of alkyl halides is 3. The molecule has 1 aromatic heterocycles. The third-order valence-electron chi connectivity index (χ3n) is 4.88. The molecule has 0 aliphatic carbocycles. The summed E-state index contributed by atoms with van der Waals surface area (Å²) in [6.45, 7) is 1.95. The Morgan fingerprint density at radius 2 is 1.69 bits per heavy atom. The van der Waals surface area contributed by atoms with E-state index < -0.39 is 17.6 Å². The van der Waals surface area contributed by atoms with E-state index in [4.69, 9.17) is 0 Å². The number of benzene rings is 2. The Labute approximate surface area is 200 Å². The largest absolute Gasteiger partial charge is 0.421 e. The highest BCUT2D eigenvalue weighted by Crippen LogP contribution is 2.34. The van der Waals surface area contributed by atoms with Crippen LogP contribution in [0.3, 0.4) is 0 Å². The maximum Gasteiger partial charge on any atom is 0.421 e. The lowest BCUT2D eigenvalue weighted by molar-refractivity contribution is -0.137. The molecule has 2 amide bonds. The van der Waals surface area contributed by atoms with Crippen LogP contribution in [-0.2, 0) is 17.5 Å². The van der Waals surface area contributed by atoms with Gasteiger partial charge in [-0.25, -0.2) is 4.98 Å². The van der Waals surface area contributed by atoms with Crippen LogP contribution < -0.4 is 16.0 Å². The fourth-order valence-electron chi connectivity index (χ4n) is 3.18. The molecule has 0 saturated heterocycles. The van der Waals surface area contributed by atoms with E-state index in [-0.39, 0.29) is 30.9 Å². The molecule has 0 radical (unpaired) electrons. The minimum absolute atomic E-state index is 0.0480. The number of nitrogens with zero attached hydrogens (tertiary/aromatic N) is 3. The molecule has 2 aromatic carbocycles. The van der Waals surface area contributed by atoms with E-state index in [1.165, 1.54) is 6.92 Å². The first-order valence-corrected chi connectivity index (χ1v) is 10.7. The van der Waals surface area contributed by atoms with Gasteiger partial charge in [-0.3, -0.25) is 9.59 Å². The van der Waals surface area contributed by atoms with Crippen LogP contribution in [0.4, 0.5) is 30.6 Å². The van der Waals surface area contributed by atoms with Gasteiger partial charge in [-0.1, -0.05) is 30.3 Å². The fraction of sp³-hybridized carbons (Fsp3) is 0.250. The minimum atomic E-state index is -4.65. The second-order valence-electron chi connectivity index (χ2n) is 7.71. The second-order valence-corrected chi connectivity index (χ2v) is 7.71. The molecule has 0 bridgehead atoms. The summed E-state index contributed by atoms with van der Waals surface area (Å²) in [7, 11) is 1.71. The van der Waals surface area contributed by atoms with Crippen molar-refractivity contribution in [2.75, 3.05) is 30.8 Å². The first-order valence-electron chi connectivity index (χ1n) is 10.7. The summed E-state index contributed by atoms with van der Waals surface area (Å²) >= 11 is 0. The Morgan fingerprint density at radius 1 is 1.00 bits per heavy atom. The van der Waals surface area contributed by atoms with Crippen molar-refractivity contribution < 1.29 is 22.8 Å².